The molecule has 0 aliphatic rings. The molecule has 0 spiro atoms. The number of phosphoric ester groups is 2. The van der Waals surface area contributed by atoms with Crippen LogP contribution in [0.5, 0.6) is 0 Å². The van der Waals surface area contributed by atoms with E-state index in [9.17, 15) is 43.5 Å². The minimum atomic E-state index is -4.95. The highest BCUT2D eigenvalue weighted by molar-refractivity contribution is 7.47. The zero-order valence-corrected chi connectivity index (χ0v) is 74.8. The molecule has 117 heavy (non-hydrogen) atoms. The van der Waals surface area contributed by atoms with E-state index < -0.39 is 91.5 Å². The first-order valence-corrected chi connectivity index (χ1v) is 48.4. The van der Waals surface area contributed by atoms with Crippen molar-refractivity contribution in [1.82, 2.24) is 0 Å². The van der Waals surface area contributed by atoms with Gasteiger partial charge in [-0.1, -0.05) is 362 Å². The number of hydrogen-bond donors (Lipinski definition) is 4. The molecular weight excluding hydrogens is 1510 g/mol. The summed E-state index contributed by atoms with van der Waals surface area (Å²) >= 11 is 0. The van der Waals surface area contributed by atoms with Gasteiger partial charge in [0.2, 0.25) is 0 Å². The van der Waals surface area contributed by atoms with Crippen molar-refractivity contribution >= 4 is 33.6 Å². The molecule has 0 saturated carbocycles. The predicted molar refractivity (Wildman–Crippen MR) is 491 cm³/mol. The third-order valence-electron chi connectivity index (χ3n) is 18.5. The molecule has 0 heterocycles. The predicted octanol–water partition coefficient (Wildman–Crippen LogP) is 28.0. The van der Waals surface area contributed by atoms with Crippen molar-refractivity contribution in [2.45, 2.75) is 360 Å². The van der Waals surface area contributed by atoms with Gasteiger partial charge in [0.15, 0.2) is 6.10 Å². The van der Waals surface area contributed by atoms with E-state index >= 15 is 0 Å². The lowest BCUT2D eigenvalue weighted by molar-refractivity contribution is -0.161. The normalized spacial score (nSPS) is 14.8. The number of ether oxygens (including phenoxy) is 3. The Kier molecular flexibility index (Phi) is 84.9. The molecule has 0 aliphatic carbocycles. The van der Waals surface area contributed by atoms with Gasteiger partial charge in [0, 0.05) is 19.3 Å². The van der Waals surface area contributed by atoms with E-state index in [1.165, 1.54) is 83.5 Å². The lowest BCUT2D eigenvalue weighted by atomic mass is 10.0. The van der Waals surface area contributed by atoms with Crippen molar-refractivity contribution in [2.24, 2.45) is 0 Å². The van der Waals surface area contributed by atoms with Gasteiger partial charge in [-0.3, -0.25) is 32.5 Å². The molecule has 0 aromatic carbocycles. The van der Waals surface area contributed by atoms with Crippen LogP contribution in [0, 0.1) is 0 Å². The number of allylic oxidation sites excluding steroid dienone is 34. The summed E-state index contributed by atoms with van der Waals surface area (Å²) in [7, 11) is -9.83. The summed E-state index contributed by atoms with van der Waals surface area (Å²) in [6.07, 6.45) is 120. The van der Waals surface area contributed by atoms with E-state index in [1.54, 1.807) is 0 Å². The second-order valence-corrected chi connectivity index (χ2v) is 32.5. The molecule has 18 heteroatoms. The zero-order valence-electron chi connectivity index (χ0n) is 73.0. The van der Waals surface area contributed by atoms with Gasteiger partial charge in [0.05, 0.1) is 26.4 Å². The number of esters is 3. The number of phosphoric acid groups is 2. The SMILES string of the molecule is CC/C=C\C/C=C\C/C=C\C/C=C\C/C=C\C/C=C\CCCCCCCCCCCCCCC(=O)OCC(O)COP(=O)(O)OCC(O)COP(=O)(O)OCC(COC(=O)CCCCCCCCCCCC/C=C\C/C=C\C/C=C\C/C=C\C/C=C\C/C=C\CC)OC(=O)CCCCCCC/C=C\C/C=C\C/C=C\C/C=C\C/C=C\CC. The molecule has 5 atom stereocenters. The molecule has 0 rings (SSSR count). The van der Waals surface area contributed by atoms with E-state index in [1.807, 2.05) is 0 Å². The van der Waals surface area contributed by atoms with Crippen LogP contribution >= 0.6 is 15.6 Å². The molecule has 664 valence electrons. The highest BCUT2D eigenvalue weighted by Crippen LogP contribution is 2.45. The van der Waals surface area contributed by atoms with Gasteiger partial charge < -0.3 is 34.2 Å². The summed E-state index contributed by atoms with van der Waals surface area (Å²) < 4.78 is 61.4. The van der Waals surface area contributed by atoms with Gasteiger partial charge in [-0.05, 0) is 167 Å². The number of rotatable bonds is 84. The fourth-order valence-corrected chi connectivity index (χ4v) is 13.3. The topological polar surface area (TPSA) is 231 Å². The molecule has 0 saturated heterocycles. The Balaban J connectivity index is 4.64. The maximum Gasteiger partial charge on any atom is 0.472 e. The minimum absolute atomic E-state index is 0.0742. The first-order valence-electron chi connectivity index (χ1n) is 45.4. The third kappa shape index (κ3) is 90.7. The van der Waals surface area contributed by atoms with Gasteiger partial charge >= 0.3 is 33.6 Å². The van der Waals surface area contributed by atoms with Crippen LogP contribution in [-0.4, -0.2) is 95.9 Å². The molecule has 4 N–H and O–H groups in total. The van der Waals surface area contributed by atoms with E-state index in [-0.39, 0.29) is 19.3 Å². The lowest BCUT2D eigenvalue weighted by Crippen LogP contribution is -2.30. The van der Waals surface area contributed by atoms with Gasteiger partial charge in [-0.2, -0.15) is 0 Å². The molecule has 0 fully saturated rings. The smallest absolute Gasteiger partial charge is 0.463 e. The molecule has 16 nitrogen and oxygen atoms in total. The summed E-state index contributed by atoms with van der Waals surface area (Å²) in [6.45, 7) is 2.32. The molecule has 0 radical (unpaired) electrons. The monoisotopic (exact) mass is 1670 g/mol. The van der Waals surface area contributed by atoms with Crippen LogP contribution in [0.15, 0.2) is 207 Å². The number of hydrogen-bond acceptors (Lipinski definition) is 14. The van der Waals surface area contributed by atoms with Crippen molar-refractivity contribution in [3.05, 3.63) is 207 Å². The van der Waals surface area contributed by atoms with Crippen LogP contribution in [-0.2, 0) is 55.8 Å². The molecular formula is C99H162O16P2. The van der Waals surface area contributed by atoms with Crippen LogP contribution in [0.4, 0.5) is 0 Å². The highest BCUT2D eigenvalue weighted by atomic mass is 31.2. The molecule has 0 aromatic rings. The van der Waals surface area contributed by atoms with Crippen molar-refractivity contribution in [3.8, 4) is 0 Å². The van der Waals surface area contributed by atoms with E-state index in [4.69, 9.17) is 32.3 Å². The van der Waals surface area contributed by atoms with Crippen LogP contribution in [0.2, 0.25) is 0 Å². The largest absolute Gasteiger partial charge is 0.472 e. The van der Waals surface area contributed by atoms with Crippen LogP contribution in [0.3, 0.4) is 0 Å². The molecule has 0 bridgehead atoms. The van der Waals surface area contributed by atoms with E-state index in [0.29, 0.717) is 19.3 Å². The Morgan fingerprint density at radius 2 is 0.427 bits per heavy atom. The number of unbranched alkanes of at least 4 members (excludes halogenated alkanes) is 27. The number of aliphatic hydroxyl groups is 2. The van der Waals surface area contributed by atoms with Crippen LogP contribution in [0.25, 0.3) is 0 Å². The number of carbonyl (C=O) groups excluding carboxylic acids is 3. The maximum absolute atomic E-state index is 13.1. The van der Waals surface area contributed by atoms with Gasteiger partial charge in [-0.25, -0.2) is 9.13 Å². The second kappa shape index (κ2) is 89.4. The van der Waals surface area contributed by atoms with Crippen molar-refractivity contribution in [2.75, 3.05) is 39.6 Å². The summed E-state index contributed by atoms with van der Waals surface area (Å²) in [4.78, 5) is 59.0. The average molecular weight is 1670 g/mol. The summed E-state index contributed by atoms with van der Waals surface area (Å²) in [6, 6.07) is 0. The van der Waals surface area contributed by atoms with Gasteiger partial charge in [-0.15, -0.1) is 0 Å². The van der Waals surface area contributed by atoms with Crippen LogP contribution < -0.4 is 0 Å². The minimum Gasteiger partial charge on any atom is -0.463 e. The van der Waals surface area contributed by atoms with E-state index in [2.05, 4.69) is 227 Å². The Hall–Kier alpha value is -5.87. The molecule has 0 aromatic heterocycles. The fourth-order valence-electron chi connectivity index (χ4n) is 11.7. The quantitative estimate of drug-likeness (QED) is 0.0146. The summed E-state index contributed by atoms with van der Waals surface area (Å²) in [5.74, 6) is -1.61. The van der Waals surface area contributed by atoms with Gasteiger partial charge in [0.1, 0.15) is 25.4 Å². The number of carbonyl (C=O) groups is 3. The summed E-state index contributed by atoms with van der Waals surface area (Å²) in [5, 5.41) is 20.7. The molecule has 0 amide bonds. The Bertz CT molecular complexity index is 2960. The zero-order chi connectivity index (χ0) is 85.1. The fraction of sp³-hybridized carbons (Fsp3) is 0.626. The number of aliphatic hydroxyl groups excluding tert-OH is 2. The van der Waals surface area contributed by atoms with Gasteiger partial charge in [0.25, 0.3) is 0 Å². The van der Waals surface area contributed by atoms with Crippen LogP contribution in [0.1, 0.15) is 342 Å². The second-order valence-electron chi connectivity index (χ2n) is 29.6. The van der Waals surface area contributed by atoms with E-state index in [0.717, 1.165) is 199 Å². The van der Waals surface area contributed by atoms with Crippen molar-refractivity contribution in [3.63, 3.8) is 0 Å². The maximum atomic E-state index is 13.1. The third-order valence-corrected chi connectivity index (χ3v) is 20.4. The van der Waals surface area contributed by atoms with Crippen molar-refractivity contribution < 1.29 is 75.8 Å². The Morgan fingerprint density at radius 1 is 0.239 bits per heavy atom. The Morgan fingerprint density at radius 3 is 0.675 bits per heavy atom. The first kappa shape index (κ1) is 111. The highest BCUT2D eigenvalue weighted by Gasteiger charge is 2.29. The average Bonchev–Trinajstić information content (AvgIpc) is 0.899. The van der Waals surface area contributed by atoms with Crippen molar-refractivity contribution in [1.29, 1.82) is 0 Å². The lowest BCUT2D eigenvalue weighted by Gasteiger charge is -2.21. The Labute approximate surface area is 711 Å². The first-order chi connectivity index (χ1) is 57.2. The summed E-state index contributed by atoms with van der Waals surface area (Å²) in [5.41, 5.74) is 0. The molecule has 5 unspecified atom stereocenters. The standard InChI is InChI=1S/C99H162O16P2/c1-4-7-10-13-16-19-22-25-28-31-34-37-39-41-43-45-46-48-50-51-53-56-58-61-64-67-70-73-76-79-82-85-97(102)109-88-94(100)89-111-116(105,106)112-90-95(101)91-113-117(107,108)114-93-96(115-99(104)87-84-81-78-75-72-69-66-63-60-55-36-33-30-27-24-21-18-15-12-9-6-3)92-110-98(103)86-83-80-77-74-71-68-65-62-59-57-54-52-49-47-44-42-40-38-35-32-29-26-23-20-17-14-11-8-5-2/h7-12,16-21,25-30,34-38,41-44,46,48-49,52,55,63,66,94-96,100-101H,4-6,13-15,22-24,31-33,39-40,45,47,50-51,53-54,56-62,64-65,67-93H2,1-3H3,(H,105,106)(H,107,108)/b10-7-,11-8-,12-9-,19-16-,20-17-,21-18-,28-25-,29-26-,30-27-,37-34-,38-35-,43-41-,44-42-,48-46-,52-49-,55-36-,66-63-. The molecule has 0 aliphatic heterocycles.